The molecule has 35 heavy (non-hydrogen) atoms. The molecule has 2 amide bonds. The number of rotatable bonds is 5. The maximum atomic E-state index is 13.6. The van der Waals surface area contributed by atoms with Gasteiger partial charge in [0.15, 0.2) is 0 Å². The predicted molar refractivity (Wildman–Crippen MR) is 129 cm³/mol. The fourth-order valence-electron chi connectivity index (χ4n) is 3.90. The van der Waals surface area contributed by atoms with Crippen molar-refractivity contribution in [3.8, 4) is 0 Å². The molecule has 182 valence electrons. The van der Waals surface area contributed by atoms with E-state index in [-0.39, 0.29) is 28.9 Å². The van der Waals surface area contributed by atoms with Crippen molar-refractivity contribution in [3.63, 3.8) is 0 Å². The second-order valence-electron chi connectivity index (χ2n) is 9.38. The number of ether oxygens (including phenoxy) is 1. The van der Waals surface area contributed by atoms with Gasteiger partial charge < -0.3 is 15.4 Å². The number of carbonyl (C=O) groups excluding carboxylic acids is 2. The second-order valence-corrected chi connectivity index (χ2v) is 9.38. The zero-order valence-electron chi connectivity index (χ0n) is 19.6. The van der Waals surface area contributed by atoms with Gasteiger partial charge in [0.05, 0.1) is 5.69 Å². The molecule has 0 atom stereocenters. The van der Waals surface area contributed by atoms with Crippen LogP contribution >= 0.6 is 0 Å². The van der Waals surface area contributed by atoms with Gasteiger partial charge in [-0.3, -0.25) is 10.1 Å². The smallest absolute Gasteiger partial charge is 0.412 e. The van der Waals surface area contributed by atoms with E-state index >= 15 is 0 Å². The lowest BCUT2D eigenvalue weighted by molar-refractivity contribution is 0.0635. The first-order valence-electron chi connectivity index (χ1n) is 11.2. The zero-order chi connectivity index (χ0) is 25.2. The van der Waals surface area contributed by atoms with Gasteiger partial charge in [0.1, 0.15) is 28.7 Å². The fourth-order valence-corrected chi connectivity index (χ4v) is 3.90. The summed E-state index contributed by atoms with van der Waals surface area (Å²) in [6.45, 7) is 5.18. The highest BCUT2D eigenvalue weighted by Gasteiger charge is 2.24. The molecule has 1 aromatic heterocycles. The number of carbonyl (C=O) groups is 2. The minimum atomic E-state index is -0.769. The molecule has 0 radical (unpaired) electrons. The van der Waals surface area contributed by atoms with Crippen LogP contribution < -0.4 is 16.0 Å². The predicted octanol–water partition coefficient (Wildman–Crippen LogP) is 5.35. The molecule has 9 heteroatoms. The number of hydrogen-bond acceptors (Lipinski definition) is 5. The molecule has 0 bridgehead atoms. The molecule has 1 aliphatic rings. The Morgan fingerprint density at radius 1 is 0.943 bits per heavy atom. The van der Waals surface area contributed by atoms with Crippen LogP contribution in [0.4, 0.5) is 30.8 Å². The van der Waals surface area contributed by atoms with Gasteiger partial charge in [0, 0.05) is 23.9 Å². The minimum Gasteiger partial charge on any atom is -0.444 e. The average molecular weight is 481 g/mol. The van der Waals surface area contributed by atoms with Crippen molar-refractivity contribution in [2.75, 3.05) is 10.6 Å². The third kappa shape index (κ3) is 6.53. The van der Waals surface area contributed by atoms with Gasteiger partial charge in [-0.05, 0) is 62.9 Å². The molecule has 0 aliphatic heterocycles. The van der Waals surface area contributed by atoms with E-state index in [0.717, 1.165) is 18.2 Å². The van der Waals surface area contributed by atoms with Gasteiger partial charge in [-0.15, -0.1) is 0 Å². The maximum Gasteiger partial charge on any atom is 0.412 e. The van der Waals surface area contributed by atoms with Crippen LogP contribution in [0.5, 0.6) is 0 Å². The Kier molecular flexibility index (Phi) is 6.68. The first kappa shape index (κ1) is 24.1. The number of nitrogens with zero attached hydrogens (tertiary/aromatic N) is 1. The summed E-state index contributed by atoms with van der Waals surface area (Å²) in [5, 5.41) is 8.35. The van der Waals surface area contributed by atoms with Crippen LogP contribution in [0, 0.1) is 11.6 Å². The van der Waals surface area contributed by atoms with Crippen molar-refractivity contribution < 1.29 is 23.1 Å². The van der Waals surface area contributed by atoms with Crippen molar-refractivity contribution in [2.24, 2.45) is 0 Å². The molecule has 0 unspecified atom stereocenters. The SMILES string of the molecule is CC(C)(C)OC(=O)Nc1cc(Nc2cc(F)cc(F)c2)nc(C(=O)NC2Cc3ccccc3C2)c1. The van der Waals surface area contributed by atoms with Crippen molar-refractivity contribution in [1.29, 1.82) is 0 Å². The Bertz CT molecular complexity index is 1230. The summed E-state index contributed by atoms with van der Waals surface area (Å²) in [5.74, 6) is -1.86. The van der Waals surface area contributed by atoms with Gasteiger partial charge >= 0.3 is 6.09 Å². The molecule has 1 heterocycles. The third-order valence-electron chi connectivity index (χ3n) is 5.22. The summed E-state index contributed by atoms with van der Waals surface area (Å²) in [6, 6.07) is 13.7. The molecular formula is C26H26F2N4O3. The van der Waals surface area contributed by atoms with E-state index in [4.69, 9.17) is 4.74 Å². The number of fused-ring (bicyclic) bond motifs is 1. The first-order valence-corrected chi connectivity index (χ1v) is 11.2. The lowest BCUT2D eigenvalue weighted by atomic mass is 10.1. The highest BCUT2D eigenvalue weighted by molar-refractivity contribution is 5.95. The van der Waals surface area contributed by atoms with Gasteiger partial charge in [-0.2, -0.15) is 0 Å². The van der Waals surface area contributed by atoms with Crippen molar-refractivity contribution in [3.05, 3.63) is 83.1 Å². The fraction of sp³-hybridized carbons (Fsp3) is 0.269. The molecule has 3 aromatic rings. The second kappa shape index (κ2) is 9.69. The van der Waals surface area contributed by atoms with Crippen LogP contribution in [0.2, 0.25) is 0 Å². The lowest BCUT2D eigenvalue weighted by Crippen LogP contribution is -2.36. The largest absolute Gasteiger partial charge is 0.444 e. The Balaban J connectivity index is 1.57. The van der Waals surface area contributed by atoms with E-state index in [1.165, 1.54) is 23.3 Å². The molecule has 7 nitrogen and oxygen atoms in total. The van der Waals surface area contributed by atoms with Crippen molar-refractivity contribution >= 4 is 29.2 Å². The van der Waals surface area contributed by atoms with E-state index < -0.39 is 29.2 Å². The Labute approximate surface area is 201 Å². The molecule has 4 rings (SSSR count). The third-order valence-corrected chi connectivity index (χ3v) is 5.22. The molecule has 2 aromatic carbocycles. The quantitative estimate of drug-likeness (QED) is 0.458. The van der Waals surface area contributed by atoms with Crippen LogP contribution in [-0.4, -0.2) is 28.6 Å². The van der Waals surface area contributed by atoms with Crippen LogP contribution in [0.25, 0.3) is 0 Å². The highest BCUT2D eigenvalue weighted by atomic mass is 19.1. The normalized spacial score (nSPS) is 13.2. The number of hydrogen-bond donors (Lipinski definition) is 3. The number of nitrogens with one attached hydrogen (secondary N) is 3. The van der Waals surface area contributed by atoms with Gasteiger partial charge in [-0.1, -0.05) is 24.3 Å². The van der Waals surface area contributed by atoms with E-state index in [1.807, 2.05) is 24.3 Å². The molecule has 0 saturated carbocycles. The van der Waals surface area contributed by atoms with Gasteiger partial charge in [-0.25, -0.2) is 18.6 Å². The van der Waals surface area contributed by atoms with E-state index in [0.29, 0.717) is 12.8 Å². The Hall–Kier alpha value is -4.01. The van der Waals surface area contributed by atoms with Crippen molar-refractivity contribution in [2.45, 2.75) is 45.3 Å². The average Bonchev–Trinajstić information content (AvgIpc) is 3.13. The van der Waals surface area contributed by atoms with Crippen LogP contribution in [-0.2, 0) is 17.6 Å². The summed E-state index contributed by atoms with van der Waals surface area (Å²) < 4.78 is 32.6. The lowest BCUT2D eigenvalue weighted by Gasteiger charge is -2.20. The Morgan fingerprint density at radius 3 is 2.17 bits per heavy atom. The van der Waals surface area contributed by atoms with Gasteiger partial charge in [0.2, 0.25) is 0 Å². The maximum absolute atomic E-state index is 13.6. The van der Waals surface area contributed by atoms with E-state index in [9.17, 15) is 18.4 Å². The Morgan fingerprint density at radius 2 is 1.57 bits per heavy atom. The molecule has 0 saturated heterocycles. The monoisotopic (exact) mass is 480 g/mol. The molecule has 0 spiro atoms. The molecule has 3 N–H and O–H groups in total. The number of anilines is 3. The molecule has 0 fully saturated rings. The van der Waals surface area contributed by atoms with E-state index in [2.05, 4.69) is 20.9 Å². The zero-order valence-corrected chi connectivity index (χ0v) is 19.6. The summed E-state index contributed by atoms with van der Waals surface area (Å²) in [5.41, 5.74) is 1.99. The standard InChI is InChI=1S/C26H26F2N4O3/c1-26(2,3)35-25(34)31-21-13-22(24(33)30-19-8-15-6-4-5-7-16(15)9-19)32-23(14-21)29-20-11-17(27)10-18(28)12-20/h4-7,10-14,19H,8-9H2,1-3H3,(H,30,33)(H2,29,31,32,34). The van der Waals surface area contributed by atoms with E-state index in [1.54, 1.807) is 20.8 Å². The van der Waals surface area contributed by atoms with Crippen molar-refractivity contribution in [1.82, 2.24) is 10.3 Å². The molecule has 1 aliphatic carbocycles. The number of amides is 2. The number of halogens is 2. The number of benzene rings is 2. The topological polar surface area (TPSA) is 92.3 Å². The minimum absolute atomic E-state index is 0.0221. The van der Waals surface area contributed by atoms with Crippen LogP contribution in [0.15, 0.2) is 54.6 Å². The summed E-state index contributed by atoms with van der Waals surface area (Å²) in [6.07, 6.45) is 0.681. The molecular weight excluding hydrogens is 454 g/mol. The number of pyridine rings is 1. The van der Waals surface area contributed by atoms with Crippen LogP contribution in [0.3, 0.4) is 0 Å². The summed E-state index contributed by atoms with van der Waals surface area (Å²) in [4.78, 5) is 29.7. The summed E-state index contributed by atoms with van der Waals surface area (Å²) in [7, 11) is 0. The number of aromatic nitrogens is 1. The van der Waals surface area contributed by atoms with Crippen LogP contribution in [0.1, 0.15) is 42.4 Å². The van der Waals surface area contributed by atoms with Gasteiger partial charge in [0.25, 0.3) is 5.91 Å². The summed E-state index contributed by atoms with van der Waals surface area (Å²) >= 11 is 0. The first-order chi connectivity index (χ1) is 16.5. The highest BCUT2D eigenvalue weighted by Crippen LogP contribution is 2.24.